The number of para-hydroxylation sites is 2. The van der Waals surface area contributed by atoms with Crippen LogP contribution in [-0.4, -0.2) is 48.8 Å². The minimum absolute atomic E-state index is 0.533. The van der Waals surface area contributed by atoms with Crippen LogP contribution < -0.4 is 5.32 Å². The number of benzene rings is 1. The van der Waals surface area contributed by atoms with Gasteiger partial charge in [-0.1, -0.05) is 12.1 Å². The zero-order valence-corrected chi connectivity index (χ0v) is 15.2. The first-order valence-electron chi connectivity index (χ1n) is 9.55. The smallest absolute Gasteiger partial charge is 0.147 e. The maximum absolute atomic E-state index is 4.82. The minimum atomic E-state index is 0.533. The Morgan fingerprint density at radius 3 is 2.81 bits per heavy atom. The molecule has 136 valence electrons. The van der Waals surface area contributed by atoms with E-state index in [1.165, 1.54) is 11.3 Å². The van der Waals surface area contributed by atoms with Crippen molar-refractivity contribution in [2.24, 2.45) is 7.05 Å². The van der Waals surface area contributed by atoms with Crippen molar-refractivity contribution in [1.82, 2.24) is 34.5 Å². The molecule has 2 aliphatic heterocycles. The van der Waals surface area contributed by atoms with Gasteiger partial charge >= 0.3 is 0 Å². The molecule has 0 amide bonds. The highest BCUT2D eigenvalue weighted by molar-refractivity contribution is 5.75. The van der Waals surface area contributed by atoms with Gasteiger partial charge in [-0.05, 0) is 38.1 Å². The highest BCUT2D eigenvalue weighted by Crippen LogP contribution is 2.28. The third kappa shape index (κ3) is 2.71. The fraction of sp³-hybridized carbons (Fsp3) is 0.526. The molecular formula is C19H25N7. The third-order valence-corrected chi connectivity index (χ3v) is 5.85. The Kier molecular flexibility index (Phi) is 3.98. The SMILES string of the molecule is Cn1c(CN2CCC(c3nnc4n3CCNC4)CC2)nc2ccccc21. The zero-order chi connectivity index (χ0) is 17.5. The van der Waals surface area contributed by atoms with Crippen LogP contribution in [0.25, 0.3) is 11.0 Å². The third-order valence-electron chi connectivity index (χ3n) is 5.85. The Balaban J connectivity index is 1.27. The second-order valence-electron chi connectivity index (χ2n) is 7.43. The first kappa shape index (κ1) is 16.0. The van der Waals surface area contributed by atoms with Gasteiger partial charge in [-0.15, -0.1) is 10.2 Å². The van der Waals surface area contributed by atoms with Crippen LogP contribution in [0.15, 0.2) is 24.3 Å². The summed E-state index contributed by atoms with van der Waals surface area (Å²) >= 11 is 0. The van der Waals surface area contributed by atoms with E-state index < -0.39 is 0 Å². The largest absolute Gasteiger partial charge is 0.330 e. The van der Waals surface area contributed by atoms with E-state index in [-0.39, 0.29) is 0 Å². The van der Waals surface area contributed by atoms with Crippen LogP contribution in [-0.2, 0) is 26.7 Å². The quantitative estimate of drug-likeness (QED) is 0.777. The lowest BCUT2D eigenvalue weighted by molar-refractivity contribution is 0.194. The number of aromatic nitrogens is 5. The average molecular weight is 351 g/mol. The molecule has 4 heterocycles. The summed E-state index contributed by atoms with van der Waals surface area (Å²) in [4.78, 5) is 7.34. The van der Waals surface area contributed by atoms with Gasteiger partial charge in [-0.3, -0.25) is 4.90 Å². The summed E-state index contributed by atoms with van der Waals surface area (Å²) in [5.41, 5.74) is 2.30. The molecule has 1 N–H and O–H groups in total. The molecule has 0 atom stereocenters. The molecule has 0 saturated carbocycles. The van der Waals surface area contributed by atoms with Gasteiger partial charge in [0.2, 0.25) is 0 Å². The second kappa shape index (κ2) is 6.48. The van der Waals surface area contributed by atoms with Crippen LogP contribution in [0, 0.1) is 0 Å². The number of aryl methyl sites for hydroxylation is 1. The topological polar surface area (TPSA) is 63.8 Å². The molecule has 3 aromatic rings. The molecule has 2 aromatic heterocycles. The highest BCUT2D eigenvalue weighted by atomic mass is 15.3. The summed E-state index contributed by atoms with van der Waals surface area (Å²) in [7, 11) is 2.12. The standard InChI is InChI=1S/C19H25N7/c1-24-16-5-3-2-4-15(16)21-18(24)13-25-9-6-14(7-10-25)19-23-22-17-12-20-8-11-26(17)19/h2-5,14,20H,6-13H2,1H3. The molecule has 2 aliphatic rings. The number of nitrogens with one attached hydrogen (secondary N) is 1. The molecule has 7 heteroatoms. The van der Waals surface area contributed by atoms with Crippen molar-refractivity contribution in [3.8, 4) is 0 Å². The van der Waals surface area contributed by atoms with Crippen LogP contribution >= 0.6 is 0 Å². The van der Waals surface area contributed by atoms with E-state index in [1.807, 2.05) is 0 Å². The molecule has 1 saturated heterocycles. The lowest BCUT2D eigenvalue weighted by Crippen LogP contribution is -2.35. The van der Waals surface area contributed by atoms with E-state index in [0.29, 0.717) is 5.92 Å². The normalized spacial score (nSPS) is 19.1. The van der Waals surface area contributed by atoms with Gasteiger partial charge in [0.1, 0.15) is 17.5 Å². The molecule has 0 radical (unpaired) electrons. The van der Waals surface area contributed by atoms with Gasteiger partial charge < -0.3 is 14.5 Å². The van der Waals surface area contributed by atoms with Gasteiger partial charge in [0.05, 0.1) is 24.1 Å². The lowest BCUT2D eigenvalue weighted by Gasteiger charge is -2.31. The van der Waals surface area contributed by atoms with Crippen LogP contribution in [0.4, 0.5) is 0 Å². The number of piperidine rings is 1. The Morgan fingerprint density at radius 2 is 1.96 bits per heavy atom. The van der Waals surface area contributed by atoms with Gasteiger partial charge in [0, 0.05) is 26.1 Å². The van der Waals surface area contributed by atoms with Crippen molar-refractivity contribution in [1.29, 1.82) is 0 Å². The number of rotatable bonds is 3. The van der Waals surface area contributed by atoms with E-state index in [4.69, 9.17) is 4.98 Å². The van der Waals surface area contributed by atoms with Crippen LogP contribution in [0.1, 0.15) is 36.2 Å². The number of hydrogen-bond donors (Lipinski definition) is 1. The predicted octanol–water partition coefficient (Wildman–Crippen LogP) is 1.65. The van der Waals surface area contributed by atoms with Crippen LogP contribution in [0.5, 0.6) is 0 Å². The summed E-state index contributed by atoms with van der Waals surface area (Å²) in [5, 5.41) is 12.3. The number of likely N-dealkylation sites (tertiary alicyclic amines) is 1. The molecule has 0 spiro atoms. The number of nitrogens with zero attached hydrogens (tertiary/aromatic N) is 6. The number of hydrogen-bond acceptors (Lipinski definition) is 5. The molecule has 7 nitrogen and oxygen atoms in total. The fourth-order valence-electron chi connectivity index (χ4n) is 4.30. The average Bonchev–Trinajstić information content (AvgIpc) is 3.25. The molecule has 0 unspecified atom stereocenters. The summed E-state index contributed by atoms with van der Waals surface area (Å²) in [6, 6.07) is 8.36. The molecular weight excluding hydrogens is 326 g/mol. The summed E-state index contributed by atoms with van der Waals surface area (Å²) in [6.45, 7) is 5.96. The van der Waals surface area contributed by atoms with Crippen molar-refractivity contribution >= 4 is 11.0 Å². The van der Waals surface area contributed by atoms with Gasteiger partial charge in [0.15, 0.2) is 0 Å². The monoisotopic (exact) mass is 351 g/mol. The highest BCUT2D eigenvalue weighted by Gasteiger charge is 2.27. The van der Waals surface area contributed by atoms with E-state index >= 15 is 0 Å². The molecule has 1 aromatic carbocycles. The Hall–Kier alpha value is -2.25. The van der Waals surface area contributed by atoms with Crippen molar-refractivity contribution in [2.45, 2.75) is 38.4 Å². The molecule has 1 fully saturated rings. The van der Waals surface area contributed by atoms with Gasteiger partial charge in [0.25, 0.3) is 0 Å². The van der Waals surface area contributed by atoms with Crippen molar-refractivity contribution in [2.75, 3.05) is 19.6 Å². The van der Waals surface area contributed by atoms with Crippen LogP contribution in [0.2, 0.25) is 0 Å². The first-order chi connectivity index (χ1) is 12.8. The summed E-state index contributed by atoms with van der Waals surface area (Å²) < 4.78 is 4.56. The summed E-state index contributed by atoms with van der Waals surface area (Å²) in [5.74, 6) is 3.97. The van der Waals surface area contributed by atoms with Crippen LogP contribution in [0.3, 0.4) is 0 Å². The van der Waals surface area contributed by atoms with Gasteiger partial charge in [-0.2, -0.15) is 0 Å². The van der Waals surface area contributed by atoms with E-state index in [1.54, 1.807) is 0 Å². The first-order valence-corrected chi connectivity index (χ1v) is 9.55. The van der Waals surface area contributed by atoms with E-state index in [2.05, 4.69) is 60.9 Å². The van der Waals surface area contributed by atoms with E-state index in [9.17, 15) is 0 Å². The maximum atomic E-state index is 4.82. The maximum Gasteiger partial charge on any atom is 0.147 e. The number of imidazole rings is 1. The lowest BCUT2D eigenvalue weighted by atomic mass is 9.95. The van der Waals surface area contributed by atoms with Gasteiger partial charge in [-0.25, -0.2) is 4.98 Å². The number of fused-ring (bicyclic) bond motifs is 2. The Morgan fingerprint density at radius 1 is 1.12 bits per heavy atom. The molecule has 26 heavy (non-hydrogen) atoms. The second-order valence-corrected chi connectivity index (χ2v) is 7.43. The fourth-order valence-corrected chi connectivity index (χ4v) is 4.30. The van der Waals surface area contributed by atoms with Crippen molar-refractivity contribution in [3.63, 3.8) is 0 Å². The summed E-state index contributed by atoms with van der Waals surface area (Å²) in [6.07, 6.45) is 2.30. The van der Waals surface area contributed by atoms with E-state index in [0.717, 1.165) is 69.3 Å². The molecule has 0 bridgehead atoms. The molecule has 0 aliphatic carbocycles. The predicted molar refractivity (Wildman–Crippen MR) is 99.7 cm³/mol. The zero-order valence-electron chi connectivity index (χ0n) is 15.2. The Labute approximate surface area is 153 Å². The minimum Gasteiger partial charge on any atom is -0.330 e. The van der Waals surface area contributed by atoms with Crippen molar-refractivity contribution in [3.05, 3.63) is 41.7 Å². The van der Waals surface area contributed by atoms with Crippen molar-refractivity contribution < 1.29 is 0 Å². The Bertz CT molecular complexity index is 917. The molecule has 5 rings (SSSR count).